The van der Waals surface area contributed by atoms with Crippen molar-refractivity contribution in [3.05, 3.63) is 39.2 Å². The second-order valence-electron chi connectivity index (χ2n) is 4.72. The molecule has 0 aromatic carbocycles. The summed E-state index contributed by atoms with van der Waals surface area (Å²) in [7, 11) is 0. The van der Waals surface area contributed by atoms with Gasteiger partial charge in [-0.2, -0.15) is 0 Å². The molecule has 1 saturated heterocycles. The van der Waals surface area contributed by atoms with Crippen molar-refractivity contribution in [2.45, 2.75) is 31.5 Å². The molecule has 1 aliphatic heterocycles. The first-order valence-corrected chi connectivity index (χ1v) is 6.00. The zero-order valence-electron chi connectivity index (χ0n) is 10.8. The fraction of sp³-hybridized carbons (Fsp3) is 0.500. The molecule has 1 aromatic heterocycles. The van der Waals surface area contributed by atoms with E-state index in [0.717, 1.165) is 4.57 Å². The molecule has 0 amide bonds. The van der Waals surface area contributed by atoms with Gasteiger partial charge in [0, 0.05) is 6.20 Å². The third-order valence-corrected chi connectivity index (χ3v) is 3.22. The highest BCUT2D eigenvalue weighted by molar-refractivity contribution is 5.59. The number of aliphatic hydroxyl groups is 3. The molecular formula is C12H16N2O6. The molecule has 20 heavy (non-hydrogen) atoms. The summed E-state index contributed by atoms with van der Waals surface area (Å²) in [6.07, 6.45) is -3.69. The number of ether oxygens (including phenoxy) is 1. The van der Waals surface area contributed by atoms with Crippen molar-refractivity contribution < 1.29 is 20.1 Å². The molecule has 0 radical (unpaired) electrons. The molecular weight excluding hydrogens is 268 g/mol. The number of allylic oxidation sites excluding steroid dienone is 1. The van der Waals surface area contributed by atoms with Gasteiger partial charge in [-0.3, -0.25) is 14.3 Å². The van der Waals surface area contributed by atoms with Crippen molar-refractivity contribution in [1.82, 2.24) is 9.55 Å². The van der Waals surface area contributed by atoms with Crippen LogP contribution in [0.5, 0.6) is 0 Å². The third kappa shape index (κ3) is 2.34. The van der Waals surface area contributed by atoms with E-state index >= 15 is 0 Å². The van der Waals surface area contributed by atoms with Gasteiger partial charge in [-0.1, -0.05) is 6.58 Å². The Morgan fingerprint density at radius 3 is 2.60 bits per heavy atom. The summed E-state index contributed by atoms with van der Waals surface area (Å²) < 4.78 is 6.21. The molecule has 1 aromatic rings. The molecule has 1 aliphatic rings. The van der Waals surface area contributed by atoms with Gasteiger partial charge in [0.2, 0.25) is 0 Å². The quantitative estimate of drug-likeness (QED) is 0.518. The molecule has 1 fully saturated rings. The maximum absolute atomic E-state index is 11.8. The minimum atomic E-state index is -1.39. The van der Waals surface area contributed by atoms with Crippen molar-refractivity contribution in [2.24, 2.45) is 0 Å². The Morgan fingerprint density at radius 2 is 2.10 bits per heavy atom. The number of nitrogens with zero attached hydrogens (tertiary/aromatic N) is 1. The van der Waals surface area contributed by atoms with E-state index in [1.165, 1.54) is 6.20 Å². The Bertz CT molecular complexity index is 634. The maximum Gasteiger partial charge on any atom is 0.330 e. The van der Waals surface area contributed by atoms with E-state index in [9.17, 15) is 19.8 Å². The zero-order valence-corrected chi connectivity index (χ0v) is 10.8. The van der Waals surface area contributed by atoms with Gasteiger partial charge in [-0.15, -0.1) is 0 Å². The lowest BCUT2D eigenvalue weighted by atomic mass is 10.1. The van der Waals surface area contributed by atoms with Crippen molar-refractivity contribution in [1.29, 1.82) is 0 Å². The lowest BCUT2D eigenvalue weighted by molar-refractivity contribution is -0.0550. The maximum atomic E-state index is 11.8. The van der Waals surface area contributed by atoms with Crippen LogP contribution in [0.1, 0.15) is 18.7 Å². The predicted molar refractivity (Wildman–Crippen MR) is 69.0 cm³/mol. The number of nitrogens with one attached hydrogen (secondary N) is 1. The summed E-state index contributed by atoms with van der Waals surface area (Å²) in [4.78, 5) is 25.5. The number of aromatic amines is 1. The van der Waals surface area contributed by atoms with Gasteiger partial charge < -0.3 is 20.1 Å². The minimum Gasteiger partial charge on any atom is -0.394 e. The first-order valence-electron chi connectivity index (χ1n) is 6.00. The molecule has 0 bridgehead atoms. The Hall–Kier alpha value is -1.74. The average molecular weight is 284 g/mol. The molecule has 0 saturated carbocycles. The van der Waals surface area contributed by atoms with Crippen molar-refractivity contribution in [3.63, 3.8) is 0 Å². The van der Waals surface area contributed by atoms with Crippen molar-refractivity contribution in [2.75, 3.05) is 6.61 Å². The average Bonchev–Trinajstić information content (AvgIpc) is 2.66. The second-order valence-corrected chi connectivity index (χ2v) is 4.72. The topological polar surface area (TPSA) is 125 Å². The summed E-state index contributed by atoms with van der Waals surface area (Å²) in [5.74, 6) is 0. The Labute approximate surface area is 113 Å². The summed E-state index contributed by atoms with van der Waals surface area (Å²) in [5.41, 5.74) is -0.769. The second kappa shape index (κ2) is 5.33. The van der Waals surface area contributed by atoms with Crippen LogP contribution >= 0.6 is 0 Å². The van der Waals surface area contributed by atoms with Crippen LogP contribution in [0.15, 0.2) is 22.4 Å². The number of hydrogen-bond donors (Lipinski definition) is 4. The highest BCUT2D eigenvalue weighted by Crippen LogP contribution is 2.28. The summed E-state index contributed by atoms with van der Waals surface area (Å²) in [6, 6.07) is 0. The molecule has 2 heterocycles. The predicted octanol–water partition coefficient (Wildman–Crippen LogP) is -1.82. The minimum absolute atomic E-state index is 0.169. The fourth-order valence-corrected chi connectivity index (χ4v) is 2.09. The smallest absolute Gasteiger partial charge is 0.330 e. The normalized spacial score (nSPS) is 29.6. The Kier molecular flexibility index (Phi) is 3.91. The van der Waals surface area contributed by atoms with Crippen LogP contribution in [-0.2, 0) is 4.74 Å². The number of aliphatic hydroxyl groups excluding tert-OH is 3. The summed E-state index contributed by atoms with van der Waals surface area (Å²) >= 11 is 0. The van der Waals surface area contributed by atoms with E-state index in [2.05, 4.69) is 11.6 Å². The molecule has 0 spiro atoms. The number of aromatic nitrogens is 2. The van der Waals surface area contributed by atoms with Gasteiger partial charge in [0.25, 0.3) is 5.56 Å². The first-order chi connectivity index (χ1) is 9.36. The van der Waals surface area contributed by atoms with Crippen LogP contribution in [0.2, 0.25) is 0 Å². The first kappa shape index (κ1) is 14.7. The molecule has 8 heteroatoms. The van der Waals surface area contributed by atoms with Gasteiger partial charge >= 0.3 is 5.69 Å². The van der Waals surface area contributed by atoms with Gasteiger partial charge in [-0.25, -0.2) is 4.79 Å². The van der Waals surface area contributed by atoms with Crippen molar-refractivity contribution in [3.8, 4) is 0 Å². The highest BCUT2D eigenvalue weighted by atomic mass is 16.6. The van der Waals surface area contributed by atoms with E-state index in [-0.39, 0.29) is 5.56 Å². The SMILES string of the molecule is C=C(C)c1cn([C@@H]2O[C@H](CO)[C@@H](O)[C@@H]2O)c(=O)[nH]c1=O. The molecule has 4 atom stereocenters. The van der Waals surface area contributed by atoms with Gasteiger partial charge in [0.15, 0.2) is 6.23 Å². The third-order valence-electron chi connectivity index (χ3n) is 3.22. The van der Waals surface area contributed by atoms with E-state index in [1.54, 1.807) is 6.92 Å². The lowest BCUT2D eigenvalue weighted by Gasteiger charge is -2.17. The molecule has 0 aliphatic carbocycles. The van der Waals surface area contributed by atoms with Gasteiger partial charge in [0.05, 0.1) is 12.2 Å². The standard InChI is InChI=1S/C12H16N2O6/c1-5(2)6-3-14(12(19)13-10(6)18)11-9(17)8(16)7(4-15)20-11/h3,7-9,11,15-17H,1,4H2,2H3,(H,13,18,19)/t7-,8-,9+,11-/m1/s1. The van der Waals surface area contributed by atoms with Gasteiger partial charge in [-0.05, 0) is 12.5 Å². The summed E-state index contributed by atoms with van der Waals surface area (Å²) in [5, 5.41) is 28.6. The highest BCUT2D eigenvalue weighted by Gasteiger charge is 2.43. The van der Waals surface area contributed by atoms with E-state index < -0.39 is 42.4 Å². The molecule has 0 unspecified atom stereocenters. The zero-order chi connectivity index (χ0) is 15.0. The van der Waals surface area contributed by atoms with Crippen LogP contribution in [0.25, 0.3) is 5.57 Å². The summed E-state index contributed by atoms with van der Waals surface area (Å²) in [6.45, 7) is 4.71. The number of hydrogen-bond acceptors (Lipinski definition) is 6. The van der Waals surface area contributed by atoms with Gasteiger partial charge in [0.1, 0.15) is 18.3 Å². The van der Waals surface area contributed by atoms with Crippen LogP contribution in [0.4, 0.5) is 0 Å². The Balaban J connectivity index is 2.48. The van der Waals surface area contributed by atoms with Crippen LogP contribution < -0.4 is 11.2 Å². The van der Waals surface area contributed by atoms with Crippen LogP contribution in [0, 0.1) is 0 Å². The Morgan fingerprint density at radius 1 is 1.45 bits per heavy atom. The van der Waals surface area contributed by atoms with Crippen LogP contribution in [0.3, 0.4) is 0 Å². The van der Waals surface area contributed by atoms with E-state index in [1.807, 2.05) is 0 Å². The molecule has 4 N–H and O–H groups in total. The lowest BCUT2D eigenvalue weighted by Crippen LogP contribution is -2.38. The van der Waals surface area contributed by atoms with Crippen molar-refractivity contribution >= 4 is 5.57 Å². The molecule has 2 rings (SSSR count). The number of H-pyrrole nitrogens is 1. The van der Waals surface area contributed by atoms with E-state index in [4.69, 9.17) is 9.84 Å². The monoisotopic (exact) mass is 284 g/mol. The molecule has 8 nitrogen and oxygen atoms in total. The molecule has 110 valence electrons. The fourth-order valence-electron chi connectivity index (χ4n) is 2.09. The van der Waals surface area contributed by atoms with E-state index in [0.29, 0.717) is 5.57 Å². The number of rotatable bonds is 3. The van der Waals surface area contributed by atoms with Crippen LogP contribution in [-0.4, -0.2) is 49.8 Å². The largest absolute Gasteiger partial charge is 0.394 e.